The first kappa shape index (κ1) is 10.7. The average molecular weight is 245 g/mol. The maximum absolute atomic E-state index is 4.77. The summed E-state index contributed by atoms with van der Waals surface area (Å²) in [7, 11) is 0. The monoisotopic (exact) mass is 245 g/mol. The summed E-state index contributed by atoms with van der Waals surface area (Å²) in [5.41, 5.74) is 7.87. The van der Waals surface area contributed by atoms with E-state index in [1.165, 1.54) is 28.0 Å². The molecular formula is C18H15N. The lowest BCUT2D eigenvalue weighted by atomic mass is 9.87. The lowest BCUT2D eigenvalue weighted by molar-refractivity contribution is 1.05. The van der Waals surface area contributed by atoms with E-state index in [0.29, 0.717) is 5.92 Å². The van der Waals surface area contributed by atoms with Crippen LogP contribution in [-0.4, -0.2) is 5.71 Å². The van der Waals surface area contributed by atoms with Crippen molar-refractivity contribution in [3.63, 3.8) is 0 Å². The third-order valence-corrected chi connectivity index (χ3v) is 4.09. The van der Waals surface area contributed by atoms with Gasteiger partial charge in [-0.15, -0.1) is 0 Å². The molecule has 0 N–H and O–H groups in total. The van der Waals surface area contributed by atoms with Crippen LogP contribution in [0.4, 0.5) is 0 Å². The fourth-order valence-corrected chi connectivity index (χ4v) is 3.21. The summed E-state index contributed by atoms with van der Waals surface area (Å²) < 4.78 is 0. The van der Waals surface area contributed by atoms with E-state index in [4.69, 9.17) is 4.99 Å². The standard InChI is InChI=1S/C18H15N/c1-2-16-18(15-8-5-9-17(15)19-16)14-11-10-12-6-3-4-7-13(12)14/h3-11,14H,2H2,1H3. The Morgan fingerprint density at radius 1 is 1.16 bits per heavy atom. The predicted octanol–water partition coefficient (Wildman–Crippen LogP) is 4.41. The Bertz CT molecular complexity index is 711. The summed E-state index contributed by atoms with van der Waals surface area (Å²) in [5, 5.41) is 0. The number of hydrogen-bond donors (Lipinski definition) is 0. The van der Waals surface area contributed by atoms with Crippen LogP contribution < -0.4 is 0 Å². The molecule has 4 rings (SSSR count). The topological polar surface area (TPSA) is 12.4 Å². The maximum atomic E-state index is 4.77. The zero-order valence-electron chi connectivity index (χ0n) is 10.9. The molecule has 0 spiro atoms. The van der Waals surface area contributed by atoms with Gasteiger partial charge in [0, 0.05) is 17.2 Å². The third-order valence-electron chi connectivity index (χ3n) is 4.09. The van der Waals surface area contributed by atoms with Crippen LogP contribution in [0.3, 0.4) is 0 Å². The Morgan fingerprint density at radius 3 is 2.95 bits per heavy atom. The molecule has 0 saturated heterocycles. The van der Waals surface area contributed by atoms with E-state index in [-0.39, 0.29) is 0 Å². The van der Waals surface area contributed by atoms with Crippen molar-refractivity contribution in [3.05, 3.63) is 76.5 Å². The number of benzene rings is 1. The van der Waals surface area contributed by atoms with Crippen molar-refractivity contribution in [2.24, 2.45) is 4.99 Å². The number of allylic oxidation sites excluding steroid dienone is 5. The van der Waals surface area contributed by atoms with Gasteiger partial charge in [0.2, 0.25) is 0 Å². The molecule has 1 unspecified atom stereocenters. The zero-order chi connectivity index (χ0) is 12.8. The Labute approximate surface area is 113 Å². The smallest absolute Gasteiger partial charge is 0.0709 e. The second-order valence-corrected chi connectivity index (χ2v) is 5.12. The second kappa shape index (κ2) is 3.92. The van der Waals surface area contributed by atoms with Crippen molar-refractivity contribution in [2.75, 3.05) is 0 Å². The van der Waals surface area contributed by atoms with Crippen LogP contribution in [0.2, 0.25) is 0 Å². The normalized spacial score (nSPS) is 22.7. The highest BCUT2D eigenvalue weighted by Crippen LogP contribution is 2.43. The molecule has 0 amide bonds. The quantitative estimate of drug-likeness (QED) is 0.731. The van der Waals surface area contributed by atoms with Crippen molar-refractivity contribution in [2.45, 2.75) is 19.3 Å². The van der Waals surface area contributed by atoms with Crippen LogP contribution >= 0.6 is 0 Å². The summed E-state index contributed by atoms with van der Waals surface area (Å²) >= 11 is 0. The Morgan fingerprint density at radius 2 is 2.05 bits per heavy atom. The maximum Gasteiger partial charge on any atom is 0.0709 e. The van der Waals surface area contributed by atoms with Crippen molar-refractivity contribution in [1.29, 1.82) is 0 Å². The van der Waals surface area contributed by atoms with E-state index in [9.17, 15) is 0 Å². The molecule has 1 atom stereocenters. The van der Waals surface area contributed by atoms with Gasteiger partial charge in [-0.25, -0.2) is 0 Å². The molecule has 1 heteroatoms. The summed E-state index contributed by atoms with van der Waals surface area (Å²) in [6, 6.07) is 8.66. The average Bonchev–Trinajstić information content (AvgIpc) is 3.11. The first-order valence-electron chi connectivity index (χ1n) is 6.86. The van der Waals surface area contributed by atoms with Crippen molar-refractivity contribution >= 4 is 11.8 Å². The van der Waals surface area contributed by atoms with E-state index in [2.05, 4.69) is 61.6 Å². The summed E-state index contributed by atoms with van der Waals surface area (Å²) in [6.07, 6.45) is 12.0. The SMILES string of the molecule is CCC1=NC2=CC=CC2=C1C1C=Cc2ccccc21. The minimum atomic E-state index is 0.374. The molecule has 0 bridgehead atoms. The fourth-order valence-electron chi connectivity index (χ4n) is 3.21. The Hall–Kier alpha value is -2.15. The summed E-state index contributed by atoms with van der Waals surface area (Å²) in [6.45, 7) is 2.19. The predicted molar refractivity (Wildman–Crippen MR) is 80.2 cm³/mol. The first-order chi connectivity index (χ1) is 9.38. The van der Waals surface area contributed by atoms with Crippen LogP contribution in [0.15, 0.2) is 70.4 Å². The molecule has 1 aromatic rings. The highest BCUT2D eigenvalue weighted by Gasteiger charge is 2.30. The van der Waals surface area contributed by atoms with Gasteiger partial charge < -0.3 is 0 Å². The Kier molecular flexibility index (Phi) is 2.22. The summed E-state index contributed by atoms with van der Waals surface area (Å²) in [5.74, 6) is 0.374. The molecule has 0 aromatic heterocycles. The minimum Gasteiger partial charge on any atom is -0.252 e. The van der Waals surface area contributed by atoms with Gasteiger partial charge in [0.15, 0.2) is 0 Å². The number of aliphatic imine (C=N–C) groups is 1. The zero-order valence-corrected chi connectivity index (χ0v) is 10.9. The lowest BCUT2D eigenvalue weighted by Gasteiger charge is -2.15. The van der Waals surface area contributed by atoms with E-state index in [1.54, 1.807) is 0 Å². The van der Waals surface area contributed by atoms with Crippen LogP contribution in [0.5, 0.6) is 0 Å². The number of hydrogen-bond acceptors (Lipinski definition) is 1. The minimum absolute atomic E-state index is 0.374. The van der Waals surface area contributed by atoms with Gasteiger partial charge in [-0.05, 0) is 29.2 Å². The molecule has 19 heavy (non-hydrogen) atoms. The fraction of sp³-hybridized carbons (Fsp3) is 0.167. The summed E-state index contributed by atoms with van der Waals surface area (Å²) in [4.78, 5) is 4.77. The molecule has 1 heterocycles. The van der Waals surface area contributed by atoms with Crippen molar-refractivity contribution in [1.82, 2.24) is 0 Å². The van der Waals surface area contributed by atoms with Gasteiger partial charge >= 0.3 is 0 Å². The third kappa shape index (κ3) is 1.45. The molecule has 1 aromatic carbocycles. The largest absolute Gasteiger partial charge is 0.252 e. The van der Waals surface area contributed by atoms with Crippen LogP contribution in [0.25, 0.3) is 6.08 Å². The highest BCUT2D eigenvalue weighted by atomic mass is 14.8. The second-order valence-electron chi connectivity index (χ2n) is 5.12. The number of rotatable bonds is 2. The molecule has 1 aliphatic heterocycles. The molecule has 2 aliphatic carbocycles. The van der Waals surface area contributed by atoms with E-state index < -0.39 is 0 Å². The first-order valence-corrected chi connectivity index (χ1v) is 6.86. The molecule has 1 nitrogen and oxygen atoms in total. The van der Waals surface area contributed by atoms with Gasteiger partial charge in [-0.1, -0.05) is 55.5 Å². The number of fused-ring (bicyclic) bond motifs is 2. The van der Waals surface area contributed by atoms with Crippen molar-refractivity contribution < 1.29 is 0 Å². The van der Waals surface area contributed by atoms with Gasteiger partial charge in [0.05, 0.1) is 5.70 Å². The molecule has 0 saturated carbocycles. The van der Waals surface area contributed by atoms with Crippen LogP contribution in [0, 0.1) is 0 Å². The Balaban J connectivity index is 1.88. The van der Waals surface area contributed by atoms with Crippen molar-refractivity contribution in [3.8, 4) is 0 Å². The van der Waals surface area contributed by atoms with E-state index >= 15 is 0 Å². The molecule has 0 fully saturated rings. The molecule has 0 radical (unpaired) electrons. The van der Waals surface area contributed by atoms with E-state index in [1.807, 2.05) is 0 Å². The molecule has 3 aliphatic rings. The van der Waals surface area contributed by atoms with Crippen LogP contribution in [0.1, 0.15) is 30.4 Å². The molecular weight excluding hydrogens is 230 g/mol. The van der Waals surface area contributed by atoms with Crippen LogP contribution in [-0.2, 0) is 0 Å². The van der Waals surface area contributed by atoms with Gasteiger partial charge in [-0.2, -0.15) is 0 Å². The molecule has 92 valence electrons. The van der Waals surface area contributed by atoms with E-state index in [0.717, 1.165) is 12.1 Å². The lowest BCUT2D eigenvalue weighted by Crippen LogP contribution is -2.07. The van der Waals surface area contributed by atoms with Gasteiger partial charge in [-0.3, -0.25) is 4.99 Å². The van der Waals surface area contributed by atoms with Gasteiger partial charge in [0.1, 0.15) is 0 Å². The van der Waals surface area contributed by atoms with Gasteiger partial charge in [0.25, 0.3) is 0 Å². The highest BCUT2D eigenvalue weighted by molar-refractivity contribution is 6.07. The number of nitrogens with zero attached hydrogens (tertiary/aromatic N) is 1.